The molecule has 0 saturated heterocycles. The number of unbranched alkanes of at least 4 members (excludes halogenated alkanes) is 4. The van der Waals surface area contributed by atoms with Crippen molar-refractivity contribution < 1.29 is 0 Å². The Morgan fingerprint density at radius 3 is 1.42 bits per heavy atom. The first-order valence-corrected chi connectivity index (χ1v) is 9.33. The fourth-order valence-corrected chi connectivity index (χ4v) is 3.96. The summed E-state index contributed by atoms with van der Waals surface area (Å²) in [5, 5.41) is 0. The molecule has 1 rings (SSSR count). The van der Waals surface area contributed by atoms with Gasteiger partial charge >= 0.3 is 0 Å². The first-order chi connectivity index (χ1) is 9.33. The maximum atomic E-state index is 2.34. The van der Waals surface area contributed by atoms with E-state index in [1.54, 1.807) is 12.8 Å². The lowest BCUT2D eigenvalue weighted by atomic mass is 9.71. The lowest BCUT2D eigenvalue weighted by Gasteiger charge is -2.34. The Balaban J connectivity index is 2.51. The first-order valence-electron chi connectivity index (χ1n) is 9.33. The minimum Gasteiger partial charge on any atom is -0.0654 e. The third kappa shape index (κ3) is 7.37. The Labute approximate surface area is 122 Å². The van der Waals surface area contributed by atoms with Crippen molar-refractivity contribution in [2.45, 2.75) is 117 Å². The van der Waals surface area contributed by atoms with E-state index in [0.29, 0.717) is 0 Å². The summed E-state index contributed by atoms with van der Waals surface area (Å²) < 4.78 is 0. The van der Waals surface area contributed by atoms with Crippen LogP contribution in [0.2, 0.25) is 0 Å². The van der Waals surface area contributed by atoms with Crippen LogP contribution in [0.3, 0.4) is 0 Å². The number of hydrogen-bond acceptors (Lipinski definition) is 0. The van der Waals surface area contributed by atoms with Gasteiger partial charge in [0.15, 0.2) is 0 Å². The molecule has 114 valence electrons. The van der Waals surface area contributed by atoms with Gasteiger partial charge in [0, 0.05) is 0 Å². The van der Waals surface area contributed by atoms with Gasteiger partial charge < -0.3 is 0 Å². The summed E-state index contributed by atoms with van der Waals surface area (Å²) in [6.07, 6.45) is 23.8. The van der Waals surface area contributed by atoms with Crippen LogP contribution in [0.1, 0.15) is 117 Å². The molecule has 0 aromatic carbocycles. The zero-order valence-corrected chi connectivity index (χ0v) is 13.8. The van der Waals surface area contributed by atoms with Gasteiger partial charge in [-0.2, -0.15) is 0 Å². The molecule has 0 amide bonds. The third-order valence-electron chi connectivity index (χ3n) is 5.29. The average molecular weight is 267 g/mol. The van der Waals surface area contributed by atoms with Gasteiger partial charge in [0.25, 0.3) is 0 Å². The molecular weight excluding hydrogens is 228 g/mol. The van der Waals surface area contributed by atoms with E-state index in [1.165, 1.54) is 89.9 Å². The molecule has 0 aromatic heterocycles. The third-order valence-corrected chi connectivity index (χ3v) is 5.29. The minimum atomic E-state index is 0.745. The van der Waals surface area contributed by atoms with E-state index < -0.39 is 0 Å². The van der Waals surface area contributed by atoms with Crippen LogP contribution in [0, 0.1) is 5.41 Å². The van der Waals surface area contributed by atoms with Gasteiger partial charge in [0.2, 0.25) is 0 Å². The normalized spacial score (nSPS) is 20.5. The van der Waals surface area contributed by atoms with Gasteiger partial charge in [-0.25, -0.2) is 0 Å². The fourth-order valence-electron chi connectivity index (χ4n) is 3.96. The van der Waals surface area contributed by atoms with Gasteiger partial charge in [0.1, 0.15) is 0 Å². The lowest BCUT2D eigenvalue weighted by Crippen LogP contribution is -2.21. The Hall–Kier alpha value is 0. The van der Waals surface area contributed by atoms with E-state index in [1.807, 2.05) is 0 Å². The summed E-state index contributed by atoms with van der Waals surface area (Å²) in [5.41, 5.74) is 0.745. The molecule has 1 aliphatic rings. The molecule has 0 radical (unpaired) electrons. The van der Waals surface area contributed by atoms with Crippen LogP contribution < -0.4 is 0 Å². The molecule has 0 heterocycles. The monoisotopic (exact) mass is 266 g/mol. The molecule has 0 N–H and O–H groups in total. The second kappa shape index (κ2) is 10.7. The van der Waals surface area contributed by atoms with Crippen LogP contribution in [0.5, 0.6) is 0 Å². The second-order valence-electron chi connectivity index (χ2n) is 7.04. The highest BCUT2D eigenvalue weighted by Gasteiger charge is 2.28. The van der Waals surface area contributed by atoms with Gasteiger partial charge in [0.05, 0.1) is 0 Å². The SMILES string of the molecule is CCCCCC1(CCCCC)CCCCCCCC1. The Morgan fingerprint density at radius 1 is 0.579 bits per heavy atom. The van der Waals surface area contributed by atoms with Crippen LogP contribution in [0.4, 0.5) is 0 Å². The molecule has 0 heteroatoms. The Morgan fingerprint density at radius 2 is 1.00 bits per heavy atom. The van der Waals surface area contributed by atoms with Crippen LogP contribution in [0.15, 0.2) is 0 Å². The molecule has 1 aliphatic carbocycles. The van der Waals surface area contributed by atoms with Crippen LogP contribution in [-0.4, -0.2) is 0 Å². The van der Waals surface area contributed by atoms with Crippen LogP contribution in [-0.2, 0) is 0 Å². The summed E-state index contributed by atoms with van der Waals surface area (Å²) in [5.74, 6) is 0. The number of rotatable bonds is 8. The van der Waals surface area contributed by atoms with Crippen LogP contribution in [0.25, 0.3) is 0 Å². The molecule has 0 atom stereocenters. The molecule has 0 unspecified atom stereocenters. The molecule has 0 nitrogen and oxygen atoms in total. The summed E-state index contributed by atoms with van der Waals surface area (Å²) in [6.45, 7) is 4.68. The maximum absolute atomic E-state index is 2.34. The van der Waals surface area contributed by atoms with Gasteiger partial charge in [-0.15, -0.1) is 0 Å². The van der Waals surface area contributed by atoms with Gasteiger partial charge in [-0.05, 0) is 31.1 Å². The zero-order chi connectivity index (χ0) is 13.8. The fraction of sp³-hybridized carbons (Fsp3) is 1.00. The van der Waals surface area contributed by atoms with Crippen molar-refractivity contribution in [3.8, 4) is 0 Å². The highest BCUT2D eigenvalue weighted by Crippen LogP contribution is 2.42. The van der Waals surface area contributed by atoms with Crippen molar-refractivity contribution in [2.24, 2.45) is 5.41 Å². The zero-order valence-electron chi connectivity index (χ0n) is 13.8. The van der Waals surface area contributed by atoms with Crippen molar-refractivity contribution in [3.05, 3.63) is 0 Å². The minimum absolute atomic E-state index is 0.745. The molecule has 1 fully saturated rings. The standard InChI is InChI=1S/C19H38/c1-3-5-11-15-19(16-12-6-4-2)17-13-9-7-8-10-14-18-19/h3-18H2,1-2H3. The second-order valence-corrected chi connectivity index (χ2v) is 7.04. The summed E-state index contributed by atoms with van der Waals surface area (Å²) in [4.78, 5) is 0. The highest BCUT2D eigenvalue weighted by atomic mass is 14.3. The molecule has 0 spiro atoms. The van der Waals surface area contributed by atoms with Gasteiger partial charge in [-0.3, -0.25) is 0 Å². The Kier molecular flexibility index (Phi) is 9.65. The maximum Gasteiger partial charge on any atom is -0.0297 e. The van der Waals surface area contributed by atoms with E-state index in [9.17, 15) is 0 Å². The van der Waals surface area contributed by atoms with E-state index in [4.69, 9.17) is 0 Å². The van der Waals surface area contributed by atoms with Crippen molar-refractivity contribution in [3.63, 3.8) is 0 Å². The first kappa shape index (κ1) is 17.1. The van der Waals surface area contributed by atoms with Crippen molar-refractivity contribution in [1.29, 1.82) is 0 Å². The van der Waals surface area contributed by atoms with Crippen LogP contribution >= 0.6 is 0 Å². The van der Waals surface area contributed by atoms with E-state index in [2.05, 4.69) is 13.8 Å². The largest absolute Gasteiger partial charge is 0.0654 e. The predicted molar refractivity (Wildman–Crippen MR) is 87.7 cm³/mol. The van der Waals surface area contributed by atoms with Crippen molar-refractivity contribution in [2.75, 3.05) is 0 Å². The topological polar surface area (TPSA) is 0 Å². The average Bonchev–Trinajstić information content (AvgIpc) is 2.52. The van der Waals surface area contributed by atoms with E-state index in [-0.39, 0.29) is 0 Å². The highest BCUT2D eigenvalue weighted by molar-refractivity contribution is 4.80. The summed E-state index contributed by atoms with van der Waals surface area (Å²) >= 11 is 0. The van der Waals surface area contributed by atoms with E-state index >= 15 is 0 Å². The quantitative estimate of drug-likeness (QED) is 0.405. The summed E-state index contributed by atoms with van der Waals surface area (Å²) in [6, 6.07) is 0. The summed E-state index contributed by atoms with van der Waals surface area (Å²) in [7, 11) is 0. The molecule has 0 aromatic rings. The predicted octanol–water partition coefficient (Wildman–Crippen LogP) is 7.27. The van der Waals surface area contributed by atoms with E-state index in [0.717, 1.165) is 5.41 Å². The van der Waals surface area contributed by atoms with Gasteiger partial charge in [-0.1, -0.05) is 90.9 Å². The molecule has 0 bridgehead atoms. The number of hydrogen-bond donors (Lipinski definition) is 0. The lowest BCUT2D eigenvalue weighted by molar-refractivity contribution is 0.177. The molecular formula is C19H38. The van der Waals surface area contributed by atoms with Crippen molar-refractivity contribution in [1.82, 2.24) is 0 Å². The Bertz CT molecular complexity index is 172. The molecule has 0 aliphatic heterocycles. The smallest absolute Gasteiger partial charge is 0.0297 e. The molecule has 1 saturated carbocycles. The molecule has 19 heavy (non-hydrogen) atoms. The van der Waals surface area contributed by atoms with Crippen molar-refractivity contribution >= 4 is 0 Å².